The number of urea groups is 1. The molecule has 1 aromatic carbocycles. The number of nitrogens with zero attached hydrogens (tertiary/aromatic N) is 2. The Labute approximate surface area is 147 Å². The fourth-order valence-electron chi connectivity index (χ4n) is 3.15. The predicted molar refractivity (Wildman–Crippen MR) is 95.8 cm³/mol. The number of rotatable bonds is 3. The summed E-state index contributed by atoms with van der Waals surface area (Å²) in [6.07, 6.45) is 1.84. The van der Waals surface area contributed by atoms with Crippen LogP contribution in [0.1, 0.15) is 17.7 Å². The highest BCUT2D eigenvalue weighted by molar-refractivity contribution is 7.88. The van der Waals surface area contributed by atoms with E-state index < -0.39 is 10.0 Å². The summed E-state index contributed by atoms with van der Waals surface area (Å²) in [5, 5.41) is 3.93. The zero-order valence-corrected chi connectivity index (χ0v) is 15.3. The number of nitrogens with one attached hydrogen (secondary N) is 1. The van der Waals surface area contributed by atoms with Gasteiger partial charge in [-0.1, -0.05) is 18.2 Å². The molecule has 0 spiro atoms. The van der Waals surface area contributed by atoms with E-state index in [2.05, 4.69) is 5.32 Å². The van der Waals surface area contributed by atoms with E-state index in [0.717, 1.165) is 22.3 Å². The van der Waals surface area contributed by atoms with Crippen LogP contribution in [-0.2, 0) is 16.6 Å². The summed E-state index contributed by atoms with van der Waals surface area (Å²) in [6, 6.07) is 7.56. The molecule has 0 atom stereocenters. The van der Waals surface area contributed by atoms with E-state index >= 15 is 0 Å². The van der Waals surface area contributed by atoms with E-state index in [4.69, 9.17) is 4.42 Å². The third-order valence-corrected chi connectivity index (χ3v) is 5.83. The Balaban J connectivity index is 1.63. The van der Waals surface area contributed by atoms with Gasteiger partial charge in [0.05, 0.1) is 6.26 Å². The molecular formula is C17H23N3O4S. The van der Waals surface area contributed by atoms with Crippen molar-refractivity contribution in [3.8, 4) is 0 Å². The van der Waals surface area contributed by atoms with Crippen LogP contribution in [0.3, 0.4) is 0 Å². The van der Waals surface area contributed by atoms with Crippen molar-refractivity contribution in [2.24, 2.45) is 0 Å². The number of hydrogen-bond donors (Lipinski definition) is 1. The van der Waals surface area contributed by atoms with Crippen molar-refractivity contribution in [1.82, 2.24) is 14.5 Å². The van der Waals surface area contributed by atoms with E-state index in [1.54, 1.807) is 4.90 Å². The van der Waals surface area contributed by atoms with E-state index in [-0.39, 0.29) is 6.03 Å². The maximum atomic E-state index is 12.5. The Morgan fingerprint density at radius 2 is 1.96 bits per heavy atom. The number of hydrogen-bond acceptors (Lipinski definition) is 4. The number of fused-ring (bicyclic) bond motifs is 1. The van der Waals surface area contributed by atoms with Crippen molar-refractivity contribution >= 4 is 27.0 Å². The van der Waals surface area contributed by atoms with Gasteiger partial charge >= 0.3 is 6.03 Å². The van der Waals surface area contributed by atoms with Crippen molar-refractivity contribution in [2.75, 3.05) is 32.4 Å². The average molecular weight is 365 g/mol. The first-order chi connectivity index (χ1) is 11.9. The molecule has 8 heteroatoms. The van der Waals surface area contributed by atoms with Crippen LogP contribution in [0.5, 0.6) is 0 Å². The number of sulfonamides is 1. The second-order valence-corrected chi connectivity index (χ2v) is 8.28. The van der Waals surface area contributed by atoms with Crippen molar-refractivity contribution in [3.63, 3.8) is 0 Å². The van der Waals surface area contributed by atoms with Crippen molar-refractivity contribution < 1.29 is 17.6 Å². The van der Waals surface area contributed by atoms with Gasteiger partial charge in [0.1, 0.15) is 11.3 Å². The lowest BCUT2D eigenvalue weighted by molar-refractivity contribution is 0.200. The molecule has 0 saturated carbocycles. The number of carbonyl (C=O) groups is 1. The predicted octanol–water partition coefficient (Wildman–Crippen LogP) is 1.92. The molecule has 3 rings (SSSR count). The number of benzene rings is 1. The number of para-hydroxylation sites is 1. The maximum absolute atomic E-state index is 12.5. The summed E-state index contributed by atoms with van der Waals surface area (Å²) < 4.78 is 30.4. The maximum Gasteiger partial charge on any atom is 0.317 e. The van der Waals surface area contributed by atoms with Gasteiger partial charge in [-0.3, -0.25) is 0 Å². The first-order valence-electron chi connectivity index (χ1n) is 8.31. The molecule has 0 bridgehead atoms. The highest BCUT2D eigenvalue weighted by Crippen LogP contribution is 2.25. The van der Waals surface area contributed by atoms with Crippen molar-refractivity contribution in [2.45, 2.75) is 19.9 Å². The summed E-state index contributed by atoms with van der Waals surface area (Å²) >= 11 is 0. The van der Waals surface area contributed by atoms with Crippen LogP contribution in [-0.4, -0.2) is 56.1 Å². The molecule has 2 aromatic rings. The van der Waals surface area contributed by atoms with Gasteiger partial charge in [0.25, 0.3) is 0 Å². The Morgan fingerprint density at radius 3 is 2.72 bits per heavy atom. The molecule has 1 saturated heterocycles. The number of carbonyl (C=O) groups excluding carboxylic acids is 1. The largest absolute Gasteiger partial charge is 0.461 e. The Kier molecular flexibility index (Phi) is 5.01. The van der Waals surface area contributed by atoms with Gasteiger partial charge in [0, 0.05) is 43.7 Å². The second kappa shape index (κ2) is 7.05. The highest BCUT2D eigenvalue weighted by atomic mass is 32.2. The Bertz CT molecular complexity index is 875. The molecule has 0 unspecified atom stereocenters. The molecule has 1 fully saturated rings. The van der Waals surface area contributed by atoms with Gasteiger partial charge in [-0.15, -0.1) is 0 Å². The summed E-state index contributed by atoms with van der Waals surface area (Å²) in [5.41, 5.74) is 1.78. The van der Waals surface area contributed by atoms with Crippen LogP contribution < -0.4 is 5.32 Å². The zero-order valence-electron chi connectivity index (χ0n) is 14.5. The van der Waals surface area contributed by atoms with Crippen molar-refractivity contribution in [3.05, 3.63) is 35.6 Å². The molecule has 1 aliphatic heterocycles. The molecule has 1 N–H and O–H groups in total. The molecule has 0 aliphatic carbocycles. The summed E-state index contributed by atoms with van der Waals surface area (Å²) in [6.45, 7) is 3.99. The van der Waals surface area contributed by atoms with Gasteiger partial charge < -0.3 is 14.6 Å². The fourth-order valence-corrected chi connectivity index (χ4v) is 4.02. The monoisotopic (exact) mass is 365 g/mol. The molecule has 1 aromatic heterocycles. The lowest BCUT2D eigenvalue weighted by Gasteiger charge is -2.21. The van der Waals surface area contributed by atoms with E-state index in [1.807, 2.05) is 31.2 Å². The molecule has 7 nitrogen and oxygen atoms in total. The van der Waals surface area contributed by atoms with Crippen LogP contribution in [0, 0.1) is 6.92 Å². The average Bonchev–Trinajstić information content (AvgIpc) is 2.74. The van der Waals surface area contributed by atoms with Gasteiger partial charge in [0.2, 0.25) is 10.0 Å². The summed E-state index contributed by atoms with van der Waals surface area (Å²) in [5.74, 6) is 0.792. The molecule has 2 heterocycles. The lowest BCUT2D eigenvalue weighted by Crippen LogP contribution is -2.42. The lowest BCUT2D eigenvalue weighted by atomic mass is 10.1. The normalized spacial score (nSPS) is 16.8. The minimum Gasteiger partial charge on any atom is -0.461 e. The van der Waals surface area contributed by atoms with Gasteiger partial charge in [0.15, 0.2) is 0 Å². The van der Waals surface area contributed by atoms with Crippen molar-refractivity contribution in [1.29, 1.82) is 0 Å². The minimum absolute atomic E-state index is 0.181. The summed E-state index contributed by atoms with van der Waals surface area (Å²) in [4.78, 5) is 14.1. The Hall–Kier alpha value is -2.06. The fraction of sp³-hybridized carbons (Fsp3) is 0.471. The first kappa shape index (κ1) is 17.8. The SMILES string of the molecule is Cc1oc2ccccc2c1CNC(=O)N1CCCN(S(C)(=O)=O)CC1. The van der Waals surface area contributed by atoms with E-state index in [1.165, 1.54) is 10.6 Å². The quantitative estimate of drug-likeness (QED) is 0.901. The topological polar surface area (TPSA) is 82.9 Å². The number of aryl methyl sites for hydroxylation is 1. The first-order valence-corrected chi connectivity index (χ1v) is 10.2. The van der Waals surface area contributed by atoms with Crippen LogP contribution in [0.25, 0.3) is 11.0 Å². The molecule has 25 heavy (non-hydrogen) atoms. The zero-order chi connectivity index (χ0) is 18.0. The van der Waals surface area contributed by atoms with Gasteiger partial charge in [-0.05, 0) is 19.4 Å². The molecule has 2 amide bonds. The van der Waals surface area contributed by atoms with Gasteiger partial charge in [-0.25, -0.2) is 17.5 Å². The standard InChI is InChI=1S/C17H23N3O4S/c1-13-15(14-6-3-4-7-16(14)24-13)12-18-17(21)19-8-5-9-20(11-10-19)25(2,22)23/h3-4,6-7H,5,8-12H2,1-2H3,(H,18,21). The van der Waals surface area contributed by atoms with Crippen LogP contribution in [0.15, 0.2) is 28.7 Å². The molecule has 1 aliphatic rings. The van der Waals surface area contributed by atoms with Crippen LogP contribution in [0.2, 0.25) is 0 Å². The van der Waals surface area contributed by atoms with Crippen LogP contribution in [0.4, 0.5) is 4.79 Å². The highest BCUT2D eigenvalue weighted by Gasteiger charge is 2.24. The van der Waals surface area contributed by atoms with E-state index in [9.17, 15) is 13.2 Å². The smallest absolute Gasteiger partial charge is 0.317 e. The number of amides is 2. The molecular weight excluding hydrogens is 342 g/mol. The molecule has 136 valence electrons. The molecule has 0 radical (unpaired) electrons. The van der Waals surface area contributed by atoms with Crippen LogP contribution >= 0.6 is 0 Å². The third kappa shape index (κ3) is 3.96. The number of furan rings is 1. The second-order valence-electron chi connectivity index (χ2n) is 6.29. The third-order valence-electron chi connectivity index (χ3n) is 4.53. The summed E-state index contributed by atoms with van der Waals surface area (Å²) in [7, 11) is -3.21. The van der Waals surface area contributed by atoms with Gasteiger partial charge in [-0.2, -0.15) is 0 Å². The van der Waals surface area contributed by atoms with E-state index in [0.29, 0.717) is 39.1 Å². The minimum atomic E-state index is -3.21. The Morgan fingerprint density at radius 1 is 1.20 bits per heavy atom.